The lowest BCUT2D eigenvalue weighted by Crippen LogP contribution is -2.15. The van der Waals surface area contributed by atoms with Crippen LogP contribution in [0.2, 0.25) is 0 Å². The van der Waals surface area contributed by atoms with Gasteiger partial charge < -0.3 is 15.9 Å². The molecule has 0 saturated carbocycles. The molecule has 3 rings (SSSR count). The zero-order valence-corrected chi connectivity index (χ0v) is 15.9. The topological polar surface area (TPSA) is 92.4 Å². The van der Waals surface area contributed by atoms with Gasteiger partial charge in [-0.15, -0.1) is 11.3 Å². The van der Waals surface area contributed by atoms with Crippen molar-refractivity contribution >= 4 is 41.3 Å². The Kier molecular flexibility index (Phi) is 5.28. The molecule has 26 heavy (non-hydrogen) atoms. The van der Waals surface area contributed by atoms with Crippen molar-refractivity contribution in [3.63, 3.8) is 0 Å². The Balaban J connectivity index is 1.82. The maximum absolute atomic E-state index is 12.5. The average molecular weight is 386 g/mol. The van der Waals surface area contributed by atoms with Crippen molar-refractivity contribution in [3.05, 3.63) is 65.5 Å². The summed E-state index contributed by atoms with van der Waals surface area (Å²) in [6, 6.07) is 15.6. The van der Waals surface area contributed by atoms with Crippen LogP contribution in [0.4, 0.5) is 11.4 Å². The number of anilines is 2. The van der Waals surface area contributed by atoms with E-state index in [1.165, 1.54) is 12.1 Å². The van der Waals surface area contributed by atoms with Crippen LogP contribution < -0.4 is 16.4 Å². The van der Waals surface area contributed by atoms with Gasteiger partial charge in [-0.2, -0.15) is 0 Å². The molecule has 134 valence electrons. The van der Waals surface area contributed by atoms with Gasteiger partial charge >= 0.3 is 0 Å². The molecule has 0 saturated heterocycles. The predicted octanol–water partition coefficient (Wildman–Crippen LogP) is 4.17. The number of nitrogens with two attached hydrogens (primary N) is 1. The number of nitrogen functional groups attached to an aromatic ring is 1. The van der Waals surface area contributed by atoms with Crippen molar-refractivity contribution in [2.24, 2.45) is 0 Å². The first kappa shape index (κ1) is 18.4. The highest BCUT2D eigenvalue weighted by Gasteiger charge is 2.19. The maximum Gasteiger partial charge on any atom is 0.255 e. The van der Waals surface area contributed by atoms with Crippen molar-refractivity contribution in [1.82, 2.24) is 0 Å². The molecule has 1 amide bonds. The summed E-state index contributed by atoms with van der Waals surface area (Å²) in [4.78, 5) is 23.4. The summed E-state index contributed by atoms with van der Waals surface area (Å²) in [7, 11) is -3.34. The van der Waals surface area contributed by atoms with Crippen LogP contribution in [0.3, 0.4) is 0 Å². The Morgan fingerprint density at radius 1 is 1.19 bits per heavy atom. The van der Waals surface area contributed by atoms with E-state index < -0.39 is 7.37 Å². The highest BCUT2D eigenvalue weighted by atomic mass is 32.1. The molecule has 0 spiro atoms. The van der Waals surface area contributed by atoms with E-state index in [1.807, 2.05) is 29.6 Å². The number of amides is 1. The Morgan fingerprint density at radius 3 is 2.54 bits per heavy atom. The van der Waals surface area contributed by atoms with Gasteiger partial charge in [0, 0.05) is 21.9 Å². The summed E-state index contributed by atoms with van der Waals surface area (Å²) < 4.78 is 12.0. The molecule has 0 aliphatic rings. The van der Waals surface area contributed by atoms with Gasteiger partial charge in [-0.25, -0.2) is 0 Å². The third kappa shape index (κ3) is 3.88. The maximum atomic E-state index is 12.5. The average Bonchev–Trinajstić information content (AvgIpc) is 3.18. The Labute approximate surface area is 156 Å². The second-order valence-electron chi connectivity index (χ2n) is 5.80. The second kappa shape index (κ2) is 7.46. The summed E-state index contributed by atoms with van der Waals surface area (Å²) in [5.41, 5.74) is 8.36. The van der Waals surface area contributed by atoms with E-state index in [0.29, 0.717) is 22.2 Å². The molecule has 0 radical (unpaired) electrons. The molecule has 2 aromatic carbocycles. The summed E-state index contributed by atoms with van der Waals surface area (Å²) in [5.74, 6) is -0.323. The number of carbonyl (C=O) groups is 1. The SMILES string of the molecule is CCP(=O)(O)c1ccc(C(=O)Nc2cc(-c3cccs3)ccc2N)cc1. The molecule has 0 fully saturated rings. The second-order valence-corrected chi connectivity index (χ2v) is 9.30. The largest absolute Gasteiger partial charge is 0.397 e. The number of carbonyl (C=O) groups excluding carboxylic acids is 1. The molecule has 7 heteroatoms. The lowest BCUT2D eigenvalue weighted by atomic mass is 10.1. The van der Waals surface area contributed by atoms with E-state index in [0.717, 1.165) is 10.4 Å². The number of thiophene rings is 1. The normalized spacial score (nSPS) is 13.2. The molecule has 0 aliphatic carbocycles. The van der Waals surface area contributed by atoms with E-state index >= 15 is 0 Å². The number of hydrogen-bond acceptors (Lipinski definition) is 4. The molecule has 5 nitrogen and oxygen atoms in total. The summed E-state index contributed by atoms with van der Waals surface area (Å²) in [5, 5.41) is 5.14. The van der Waals surface area contributed by atoms with Gasteiger partial charge in [0.05, 0.1) is 11.4 Å². The number of nitrogens with one attached hydrogen (secondary N) is 1. The van der Waals surface area contributed by atoms with Gasteiger partial charge in [-0.1, -0.05) is 19.1 Å². The Hall–Kier alpha value is -2.40. The molecular formula is C19H19N2O3PS. The van der Waals surface area contributed by atoms with Crippen LogP contribution in [-0.2, 0) is 4.57 Å². The number of benzene rings is 2. The van der Waals surface area contributed by atoms with Crippen LogP contribution in [0, 0.1) is 0 Å². The number of rotatable bonds is 5. The first-order valence-electron chi connectivity index (χ1n) is 8.08. The van der Waals surface area contributed by atoms with Gasteiger partial charge in [0.2, 0.25) is 7.37 Å². The van der Waals surface area contributed by atoms with E-state index in [9.17, 15) is 14.3 Å². The summed E-state index contributed by atoms with van der Waals surface area (Å²) >= 11 is 1.61. The van der Waals surface area contributed by atoms with Gasteiger partial charge in [-0.05, 0) is 53.4 Å². The molecule has 1 unspecified atom stereocenters. The minimum absolute atomic E-state index is 0.157. The number of hydrogen-bond donors (Lipinski definition) is 3. The molecule has 0 aliphatic heterocycles. The van der Waals surface area contributed by atoms with Crippen LogP contribution in [0.1, 0.15) is 17.3 Å². The Bertz CT molecular complexity index is 969. The molecular weight excluding hydrogens is 367 g/mol. The van der Waals surface area contributed by atoms with E-state index in [2.05, 4.69) is 5.32 Å². The molecule has 4 N–H and O–H groups in total. The van der Waals surface area contributed by atoms with Gasteiger partial charge in [0.25, 0.3) is 5.91 Å². The van der Waals surface area contributed by atoms with E-state index in [1.54, 1.807) is 36.5 Å². The first-order valence-corrected chi connectivity index (χ1v) is 10.8. The van der Waals surface area contributed by atoms with Crippen LogP contribution in [-0.4, -0.2) is 17.0 Å². The fraction of sp³-hybridized carbons (Fsp3) is 0.105. The minimum atomic E-state index is -3.34. The van der Waals surface area contributed by atoms with Crippen LogP contribution in [0.15, 0.2) is 60.0 Å². The van der Waals surface area contributed by atoms with Crippen molar-refractivity contribution in [2.75, 3.05) is 17.2 Å². The van der Waals surface area contributed by atoms with Crippen LogP contribution >= 0.6 is 18.7 Å². The van der Waals surface area contributed by atoms with Crippen molar-refractivity contribution < 1.29 is 14.3 Å². The van der Waals surface area contributed by atoms with E-state index in [-0.39, 0.29) is 12.1 Å². The lowest BCUT2D eigenvalue weighted by Gasteiger charge is -2.12. The fourth-order valence-electron chi connectivity index (χ4n) is 2.48. The molecule has 1 atom stereocenters. The third-order valence-electron chi connectivity index (χ3n) is 4.07. The standard InChI is InChI=1S/C19H19N2O3PS/c1-2-25(23,24)15-8-5-13(6-9-15)19(22)21-17-12-14(7-10-16(17)20)18-4-3-11-26-18/h3-12H,2,20H2,1H3,(H,21,22)(H,23,24). The van der Waals surface area contributed by atoms with Crippen molar-refractivity contribution in [1.29, 1.82) is 0 Å². The highest BCUT2D eigenvalue weighted by molar-refractivity contribution is 7.66. The van der Waals surface area contributed by atoms with Gasteiger partial charge in [-0.3, -0.25) is 9.36 Å². The van der Waals surface area contributed by atoms with E-state index in [4.69, 9.17) is 5.73 Å². The predicted molar refractivity (Wildman–Crippen MR) is 109 cm³/mol. The Morgan fingerprint density at radius 2 is 1.92 bits per heavy atom. The van der Waals surface area contributed by atoms with Crippen LogP contribution in [0.25, 0.3) is 10.4 Å². The molecule has 3 aromatic rings. The van der Waals surface area contributed by atoms with Crippen molar-refractivity contribution in [2.45, 2.75) is 6.92 Å². The van der Waals surface area contributed by atoms with Crippen molar-refractivity contribution in [3.8, 4) is 10.4 Å². The summed E-state index contributed by atoms with van der Waals surface area (Å²) in [6.45, 7) is 1.66. The summed E-state index contributed by atoms with van der Waals surface area (Å²) in [6.07, 6.45) is 0.157. The molecule has 1 heterocycles. The van der Waals surface area contributed by atoms with Crippen LogP contribution in [0.5, 0.6) is 0 Å². The smallest absolute Gasteiger partial charge is 0.255 e. The quantitative estimate of drug-likeness (QED) is 0.453. The van der Waals surface area contributed by atoms with Gasteiger partial charge in [0.1, 0.15) is 0 Å². The molecule has 1 aromatic heterocycles. The monoisotopic (exact) mass is 386 g/mol. The minimum Gasteiger partial charge on any atom is -0.397 e. The zero-order chi connectivity index (χ0) is 18.7. The highest BCUT2D eigenvalue weighted by Crippen LogP contribution is 2.38. The fourth-order valence-corrected chi connectivity index (χ4v) is 4.19. The zero-order valence-electron chi connectivity index (χ0n) is 14.2. The first-order chi connectivity index (χ1) is 12.4. The molecule has 0 bridgehead atoms. The van der Waals surface area contributed by atoms with Gasteiger partial charge in [0.15, 0.2) is 0 Å². The third-order valence-corrected chi connectivity index (χ3v) is 6.95. The lowest BCUT2D eigenvalue weighted by molar-refractivity contribution is 0.102.